The first-order valence-corrected chi connectivity index (χ1v) is 6.13. The number of hydrazone groups is 1. The molecule has 1 aromatic carbocycles. The van der Waals surface area contributed by atoms with Crippen LogP contribution in [0, 0.1) is 0 Å². The van der Waals surface area contributed by atoms with Crippen LogP contribution < -0.4 is 5.43 Å². The summed E-state index contributed by atoms with van der Waals surface area (Å²) in [7, 11) is 0. The lowest BCUT2D eigenvalue weighted by Crippen LogP contribution is -2.19. The van der Waals surface area contributed by atoms with Gasteiger partial charge in [0.2, 0.25) is 0 Å². The van der Waals surface area contributed by atoms with E-state index in [0.717, 1.165) is 17.7 Å². The van der Waals surface area contributed by atoms with Gasteiger partial charge in [-0.15, -0.1) is 0 Å². The zero-order valence-corrected chi connectivity index (χ0v) is 10.7. The largest absolute Gasteiger partial charge is 0.271 e. The number of pyridine rings is 1. The van der Waals surface area contributed by atoms with Gasteiger partial charge in [0, 0.05) is 18.0 Å². The second-order valence-corrected chi connectivity index (χ2v) is 3.95. The van der Waals surface area contributed by atoms with Gasteiger partial charge in [-0.05, 0) is 24.1 Å². The summed E-state index contributed by atoms with van der Waals surface area (Å²) in [4.78, 5) is 15.7. The lowest BCUT2D eigenvalue weighted by Gasteiger charge is -2.05. The van der Waals surface area contributed by atoms with E-state index in [4.69, 9.17) is 0 Å². The van der Waals surface area contributed by atoms with Crippen LogP contribution in [0.1, 0.15) is 29.3 Å². The van der Waals surface area contributed by atoms with Crippen molar-refractivity contribution in [2.45, 2.75) is 13.3 Å². The monoisotopic (exact) mass is 253 g/mol. The van der Waals surface area contributed by atoms with E-state index < -0.39 is 0 Å². The van der Waals surface area contributed by atoms with E-state index in [1.165, 1.54) is 0 Å². The van der Waals surface area contributed by atoms with Crippen molar-refractivity contribution in [3.8, 4) is 0 Å². The standard InChI is InChI=1S/C15H15N3O/c1-2-14(12-6-4-3-5-7-12)17-18-15(19)13-8-10-16-11-9-13/h3-11H,2H2,1H3,(H,18,19). The van der Waals surface area contributed by atoms with Gasteiger partial charge in [-0.25, -0.2) is 5.43 Å². The highest BCUT2D eigenvalue weighted by molar-refractivity contribution is 6.02. The second kappa shape index (κ2) is 6.44. The Morgan fingerprint density at radius 2 is 1.79 bits per heavy atom. The molecule has 0 atom stereocenters. The number of carbonyl (C=O) groups is 1. The van der Waals surface area contributed by atoms with Gasteiger partial charge in [-0.3, -0.25) is 9.78 Å². The number of nitrogens with zero attached hydrogens (tertiary/aromatic N) is 2. The van der Waals surface area contributed by atoms with Crippen molar-refractivity contribution in [1.82, 2.24) is 10.4 Å². The van der Waals surface area contributed by atoms with Crippen molar-refractivity contribution < 1.29 is 4.79 Å². The van der Waals surface area contributed by atoms with Crippen LogP contribution in [0.15, 0.2) is 60.0 Å². The van der Waals surface area contributed by atoms with E-state index in [-0.39, 0.29) is 5.91 Å². The molecular weight excluding hydrogens is 238 g/mol. The average molecular weight is 253 g/mol. The summed E-state index contributed by atoms with van der Waals surface area (Å²) in [6.07, 6.45) is 3.91. The second-order valence-electron chi connectivity index (χ2n) is 3.95. The fraction of sp³-hybridized carbons (Fsp3) is 0.133. The van der Waals surface area contributed by atoms with Crippen LogP contribution in [-0.2, 0) is 0 Å². The zero-order valence-electron chi connectivity index (χ0n) is 10.7. The number of hydrogen-bond donors (Lipinski definition) is 1. The Labute approximate surface area is 112 Å². The molecule has 0 saturated heterocycles. The number of benzene rings is 1. The molecule has 19 heavy (non-hydrogen) atoms. The predicted octanol–water partition coefficient (Wildman–Crippen LogP) is 2.63. The van der Waals surface area contributed by atoms with Crippen LogP contribution in [0.3, 0.4) is 0 Å². The Kier molecular flexibility index (Phi) is 4.39. The maximum Gasteiger partial charge on any atom is 0.271 e. The van der Waals surface area contributed by atoms with Crippen LogP contribution in [0.2, 0.25) is 0 Å². The number of amides is 1. The lowest BCUT2D eigenvalue weighted by molar-refractivity contribution is 0.0954. The van der Waals surface area contributed by atoms with Crippen molar-refractivity contribution in [2.24, 2.45) is 5.10 Å². The van der Waals surface area contributed by atoms with E-state index in [0.29, 0.717) is 5.56 Å². The van der Waals surface area contributed by atoms with Gasteiger partial charge >= 0.3 is 0 Å². The molecule has 0 bridgehead atoms. The first kappa shape index (κ1) is 13.0. The smallest absolute Gasteiger partial charge is 0.267 e. The molecule has 0 aliphatic heterocycles. The average Bonchev–Trinajstić information content (AvgIpc) is 2.49. The van der Waals surface area contributed by atoms with Gasteiger partial charge < -0.3 is 0 Å². The van der Waals surface area contributed by atoms with Crippen LogP contribution in [0.25, 0.3) is 0 Å². The topological polar surface area (TPSA) is 54.4 Å². The van der Waals surface area contributed by atoms with Gasteiger partial charge in [0.1, 0.15) is 0 Å². The molecule has 1 aromatic heterocycles. The molecule has 0 spiro atoms. The minimum absolute atomic E-state index is 0.232. The molecule has 1 amide bonds. The Morgan fingerprint density at radius 3 is 2.42 bits per heavy atom. The number of hydrogen-bond acceptors (Lipinski definition) is 3. The third-order valence-corrected chi connectivity index (χ3v) is 2.68. The molecule has 0 unspecified atom stereocenters. The minimum Gasteiger partial charge on any atom is -0.267 e. The first-order chi connectivity index (χ1) is 9.31. The van der Waals surface area contributed by atoms with E-state index in [2.05, 4.69) is 15.5 Å². The highest BCUT2D eigenvalue weighted by atomic mass is 16.2. The third-order valence-electron chi connectivity index (χ3n) is 2.68. The molecule has 0 aliphatic rings. The van der Waals surface area contributed by atoms with Crippen LogP contribution in [0.4, 0.5) is 0 Å². The van der Waals surface area contributed by atoms with E-state index >= 15 is 0 Å². The normalized spacial score (nSPS) is 11.1. The maximum atomic E-state index is 11.9. The molecule has 96 valence electrons. The Balaban J connectivity index is 2.11. The van der Waals surface area contributed by atoms with Gasteiger partial charge in [0.15, 0.2) is 0 Å². The minimum atomic E-state index is -0.232. The molecule has 2 rings (SSSR count). The fourth-order valence-corrected chi connectivity index (χ4v) is 1.66. The van der Waals surface area contributed by atoms with Crippen molar-refractivity contribution in [3.63, 3.8) is 0 Å². The summed E-state index contributed by atoms with van der Waals surface area (Å²) in [5.74, 6) is -0.232. The number of aromatic nitrogens is 1. The summed E-state index contributed by atoms with van der Waals surface area (Å²) < 4.78 is 0. The molecule has 4 nitrogen and oxygen atoms in total. The molecule has 4 heteroatoms. The Bertz CT molecular complexity index is 564. The van der Waals surface area contributed by atoms with Crippen molar-refractivity contribution in [3.05, 3.63) is 66.0 Å². The Morgan fingerprint density at radius 1 is 1.11 bits per heavy atom. The van der Waals surface area contributed by atoms with Crippen molar-refractivity contribution in [2.75, 3.05) is 0 Å². The Hall–Kier alpha value is -2.49. The van der Waals surface area contributed by atoms with Gasteiger partial charge in [0.25, 0.3) is 5.91 Å². The third kappa shape index (κ3) is 3.48. The summed E-state index contributed by atoms with van der Waals surface area (Å²) in [6, 6.07) is 13.1. The summed E-state index contributed by atoms with van der Waals surface area (Å²) >= 11 is 0. The highest BCUT2D eigenvalue weighted by Gasteiger charge is 2.05. The van der Waals surface area contributed by atoms with Gasteiger partial charge in [-0.2, -0.15) is 5.10 Å². The highest BCUT2D eigenvalue weighted by Crippen LogP contribution is 2.04. The molecule has 2 aromatic rings. The van der Waals surface area contributed by atoms with E-state index in [1.807, 2.05) is 37.3 Å². The number of carbonyl (C=O) groups excluding carboxylic acids is 1. The van der Waals surface area contributed by atoms with E-state index in [9.17, 15) is 4.79 Å². The maximum absolute atomic E-state index is 11.9. The summed E-state index contributed by atoms with van der Waals surface area (Å²) in [5, 5.41) is 4.19. The van der Waals surface area contributed by atoms with Gasteiger partial charge in [0.05, 0.1) is 5.71 Å². The molecule has 0 radical (unpaired) electrons. The van der Waals surface area contributed by atoms with Crippen LogP contribution in [0.5, 0.6) is 0 Å². The van der Waals surface area contributed by atoms with Gasteiger partial charge in [-0.1, -0.05) is 37.3 Å². The quantitative estimate of drug-likeness (QED) is 0.672. The molecule has 1 heterocycles. The van der Waals surface area contributed by atoms with Crippen molar-refractivity contribution >= 4 is 11.6 Å². The molecule has 0 fully saturated rings. The first-order valence-electron chi connectivity index (χ1n) is 6.13. The SMILES string of the molecule is CCC(=NNC(=O)c1ccncc1)c1ccccc1. The summed E-state index contributed by atoms with van der Waals surface area (Å²) in [6.45, 7) is 2.00. The fourth-order valence-electron chi connectivity index (χ4n) is 1.66. The summed E-state index contributed by atoms with van der Waals surface area (Å²) in [5.41, 5.74) is 4.98. The van der Waals surface area contributed by atoms with Crippen molar-refractivity contribution in [1.29, 1.82) is 0 Å². The molecular formula is C15H15N3O. The molecule has 0 aliphatic carbocycles. The van der Waals surface area contributed by atoms with Crippen LogP contribution in [-0.4, -0.2) is 16.6 Å². The van der Waals surface area contributed by atoms with Crippen LogP contribution >= 0.6 is 0 Å². The number of rotatable bonds is 4. The number of nitrogens with one attached hydrogen (secondary N) is 1. The zero-order chi connectivity index (χ0) is 13.5. The lowest BCUT2D eigenvalue weighted by atomic mass is 10.1. The van der Waals surface area contributed by atoms with E-state index in [1.54, 1.807) is 24.5 Å². The molecule has 0 saturated carbocycles. The molecule has 1 N–H and O–H groups in total. The predicted molar refractivity (Wildman–Crippen MR) is 75.0 cm³/mol.